The van der Waals surface area contributed by atoms with E-state index in [2.05, 4.69) is 4.98 Å². The van der Waals surface area contributed by atoms with E-state index in [0.29, 0.717) is 47.4 Å². The summed E-state index contributed by atoms with van der Waals surface area (Å²) in [6.45, 7) is 3.15. The number of H-pyrrole nitrogens is 1. The number of rotatable bonds is 6. The second kappa shape index (κ2) is 6.63. The molecule has 1 aromatic heterocycles. The Morgan fingerprint density at radius 2 is 2.05 bits per heavy atom. The number of hydrogen-bond acceptors (Lipinski definition) is 4. The average Bonchev–Trinajstić information content (AvgIpc) is 2.42. The van der Waals surface area contributed by atoms with Gasteiger partial charge >= 0.3 is 0 Å². The molecule has 0 unspecified atom stereocenters. The van der Waals surface area contributed by atoms with Crippen LogP contribution in [0.5, 0.6) is 11.6 Å². The summed E-state index contributed by atoms with van der Waals surface area (Å²) >= 11 is 6.27. The molecule has 0 saturated heterocycles. The number of aromatic amines is 1. The third-order valence-electron chi connectivity index (χ3n) is 2.73. The minimum absolute atomic E-state index is 0.146. The minimum atomic E-state index is -0.146. The van der Waals surface area contributed by atoms with Gasteiger partial charge in [-0.05, 0) is 19.1 Å². The molecule has 0 aliphatic carbocycles. The van der Waals surface area contributed by atoms with E-state index in [9.17, 15) is 4.79 Å². The maximum atomic E-state index is 12.0. The highest BCUT2D eigenvalue weighted by atomic mass is 35.5. The largest absolute Gasteiger partial charge is 0.490 e. The number of benzene rings is 1. The SMILES string of the molecule is CCOc1cc(=O)c2ccc(OCCOC)c(Cl)c2[nH]1. The predicted octanol–water partition coefficient (Wildman–Crippen LogP) is 2.61. The van der Waals surface area contributed by atoms with Gasteiger partial charge in [0.2, 0.25) is 0 Å². The standard InChI is InChI=1S/C14H16ClNO4/c1-3-19-12-8-10(17)9-4-5-11(20-7-6-18-2)13(15)14(9)16-12/h4-5,8H,3,6-7H2,1-2H3,(H,16,17). The van der Waals surface area contributed by atoms with E-state index >= 15 is 0 Å². The highest BCUT2D eigenvalue weighted by Crippen LogP contribution is 2.31. The van der Waals surface area contributed by atoms with Crippen LogP contribution in [0.1, 0.15) is 6.92 Å². The fraction of sp³-hybridized carbons (Fsp3) is 0.357. The molecule has 1 aromatic carbocycles. The molecule has 1 N–H and O–H groups in total. The number of fused-ring (bicyclic) bond motifs is 1. The van der Waals surface area contributed by atoms with Gasteiger partial charge in [-0.15, -0.1) is 0 Å². The molecule has 5 nitrogen and oxygen atoms in total. The van der Waals surface area contributed by atoms with Crippen LogP contribution in [0.2, 0.25) is 5.02 Å². The molecule has 2 rings (SSSR count). The molecule has 0 radical (unpaired) electrons. The molecule has 20 heavy (non-hydrogen) atoms. The smallest absolute Gasteiger partial charge is 0.195 e. The number of ether oxygens (including phenoxy) is 3. The minimum Gasteiger partial charge on any atom is -0.490 e. The number of aromatic nitrogens is 1. The summed E-state index contributed by atoms with van der Waals surface area (Å²) in [5.41, 5.74) is 0.366. The van der Waals surface area contributed by atoms with Crippen molar-refractivity contribution >= 4 is 22.5 Å². The Bertz CT molecular complexity index is 653. The number of methoxy groups -OCH3 is 1. The summed E-state index contributed by atoms with van der Waals surface area (Å²) in [4.78, 5) is 15.0. The molecule has 0 spiro atoms. The molecule has 108 valence electrons. The van der Waals surface area contributed by atoms with Crippen LogP contribution in [-0.4, -0.2) is 31.9 Å². The van der Waals surface area contributed by atoms with Gasteiger partial charge in [0.05, 0.1) is 18.7 Å². The van der Waals surface area contributed by atoms with Gasteiger partial charge in [-0.2, -0.15) is 0 Å². The summed E-state index contributed by atoms with van der Waals surface area (Å²) in [5, 5.41) is 0.856. The van der Waals surface area contributed by atoms with E-state index in [-0.39, 0.29) is 5.43 Å². The van der Waals surface area contributed by atoms with Crippen molar-refractivity contribution in [1.29, 1.82) is 0 Å². The Kier molecular flexibility index (Phi) is 4.87. The van der Waals surface area contributed by atoms with Crippen LogP contribution in [0.15, 0.2) is 23.0 Å². The molecule has 0 fully saturated rings. The second-order valence-electron chi connectivity index (χ2n) is 4.07. The van der Waals surface area contributed by atoms with Gasteiger partial charge < -0.3 is 19.2 Å². The molecule has 0 aliphatic rings. The van der Waals surface area contributed by atoms with E-state index in [1.54, 1.807) is 19.2 Å². The van der Waals surface area contributed by atoms with Crippen molar-refractivity contribution < 1.29 is 14.2 Å². The van der Waals surface area contributed by atoms with E-state index in [1.807, 2.05) is 6.92 Å². The molecule has 0 aliphatic heterocycles. The number of nitrogens with one attached hydrogen (secondary N) is 1. The summed E-state index contributed by atoms with van der Waals surface area (Å²) in [7, 11) is 1.59. The Morgan fingerprint density at radius 1 is 1.25 bits per heavy atom. The van der Waals surface area contributed by atoms with Crippen molar-refractivity contribution in [3.63, 3.8) is 0 Å². The van der Waals surface area contributed by atoms with Crippen molar-refractivity contribution in [2.24, 2.45) is 0 Å². The Hall–Kier alpha value is -1.72. The molecule has 2 aromatic rings. The quantitative estimate of drug-likeness (QED) is 0.833. The monoisotopic (exact) mass is 297 g/mol. The Morgan fingerprint density at radius 3 is 2.75 bits per heavy atom. The lowest BCUT2D eigenvalue weighted by atomic mass is 10.2. The first-order valence-electron chi connectivity index (χ1n) is 6.27. The molecule has 0 atom stereocenters. The number of pyridine rings is 1. The lowest BCUT2D eigenvalue weighted by molar-refractivity contribution is 0.146. The molecule has 6 heteroatoms. The first-order valence-corrected chi connectivity index (χ1v) is 6.65. The lowest BCUT2D eigenvalue weighted by Crippen LogP contribution is -2.07. The molecular formula is C14H16ClNO4. The predicted molar refractivity (Wildman–Crippen MR) is 78.1 cm³/mol. The van der Waals surface area contributed by atoms with Crippen LogP contribution in [-0.2, 0) is 4.74 Å². The van der Waals surface area contributed by atoms with Crippen LogP contribution < -0.4 is 14.9 Å². The maximum Gasteiger partial charge on any atom is 0.195 e. The summed E-state index contributed by atoms with van der Waals surface area (Å²) in [6, 6.07) is 4.77. The van der Waals surface area contributed by atoms with Gasteiger partial charge in [-0.25, -0.2) is 0 Å². The van der Waals surface area contributed by atoms with Crippen LogP contribution in [0.4, 0.5) is 0 Å². The Labute approximate surface area is 121 Å². The average molecular weight is 298 g/mol. The van der Waals surface area contributed by atoms with E-state index in [0.717, 1.165) is 0 Å². The van der Waals surface area contributed by atoms with Gasteiger partial charge in [0.15, 0.2) is 11.3 Å². The topological polar surface area (TPSA) is 60.6 Å². The second-order valence-corrected chi connectivity index (χ2v) is 4.45. The first kappa shape index (κ1) is 14.7. The molecule has 0 amide bonds. The zero-order chi connectivity index (χ0) is 14.5. The van der Waals surface area contributed by atoms with Crippen LogP contribution in [0.25, 0.3) is 10.9 Å². The maximum absolute atomic E-state index is 12.0. The molecule has 0 saturated carbocycles. The summed E-state index contributed by atoms with van der Waals surface area (Å²) < 4.78 is 15.7. The zero-order valence-corrected chi connectivity index (χ0v) is 12.1. The number of halogens is 1. The van der Waals surface area contributed by atoms with Gasteiger partial charge in [0, 0.05) is 18.6 Å². The third-order valence-corrected chi connectivity index (χ3v) is 3.10. The van der Waals surface area contributed by atoms with Crippen molar-refractivity contribution in [2.75, 3.05) is 26.9 Å². The lowest BCUT2D eigenvalue weighted by Gasteiger charge is -2.11. The fourth-order valence-electron chi connectivity index (χ4n) is 1.82. The number of hydrogen-bond donors (Lipinski definition) is 1. The Balaban J connectivity index is 2.44. The normalized spacial score (nSPS) is 10.8. The highest BCUT2D eigenvalue weighted by Gasteiger charge is 2.11. The molecule has 0 bridgehead atoms. The van der Waals surface area contributed by atoms with Gasteiger partial charge in [-0.3, -0.25) is 4.79 Å². The molecule has 1 heterocycles. The third kappa shape index (κ3) is 3.05. The first-order chi connectivity index (χ1) is 9.67. The highest BCUT2D eigenvalue weighted by molar-refractivity contribution is 6.36. The van der Waals surface area contributed by atoms with Gasteiger partial charge in [0.25, 0.3) is 0 Å². The van der Waals surface area contributed by atoms with Gasteiger partial charge in [0.1, 0.15) is 17.4 Å². The van der Waals surface area contributed by atoms with Crippen LogP contribution in [0.3, 0.4) is 0 Å². The summed E-state index contributed by atoms with van der Waals surface area (Å²) in [5.74, 6) is 0.890. The van der Waals surface area contributed by atoms with E-state index < -0.39 is 0 Å². The van der Waals surface area contributed by atoms with Crippen molar-refractivity contribution in [3.05, 3.63) is 33.4 Å². The van der Waals surface area contributed by atoms with Gasteiger partial charge in [-0.1, -0.05) is 11.6 Å². The zero-order valence-electron chi connectivity index (χ0n) is 11.4. The van der Waals surface area contributed by atoms with Crippen molar-refractivity contribution in [1.82, 2.24) is 4.98 Å². The van der Waals surface area contributed by atoms with E-state index in [4.69, 9.17) is 25.8 Å². The van der Waals surface area contributed by atoms with Crippen molar-refractivity contribution in [2.45, 2.75) is 6.92 Å². The van der Waals surface area contributed by atoms with Crippen LogP contribution in [0, 0.1) is 0 Å². The van der Waals surface area contributed by atoms with Crippen molar-refractivity contribution in [3.8, 4) is 11.6 Å². The van der Waals surface area contributed by atoms with E-state index in [1.165, 1.54) is 6.07 Å². The summed E-state index contributed by atoms with van der Waals surface area (Å²) in [6.07, 6.45) is 0. The fourth-order valence-corrected chi connectivity index (χ4v) is 2.09. The van der Waals surface area contributed by atoms with Crippen LogP contribution >= 0.6 is 11.6 Å². The molecular weight excluding hydrogens is 282 g/mol.